The van der Waals surface area contributed by atoms with Crippen LogP contribution >= 0.6 is 0 Å². The molecule has 0 bridgehead atoms. The van der Waals surface area contributed by atoms with Gasteiger partial charge in [0.1, 0.15) is 5.82 Å². The van der Waals surface area contributed by atoms with Crippen molar-refractivity contribution in [2.45, 2.75) is 31.2 Å². The molecule has 1 aliphatic heterocycles. The van der Waals surface area contributed by atoms with Gasteiger partial charge in [0, 0.05) is 44.8 Å². The summed E-state index contributed by atoms with van der Waals surface area (Å²) in [5, 5.41) is 3.25. The maximum Gasteiger partial charge on any atom is 0.255 e. The Morgan fingerprint density at radius 3 is 2.47 bits per heavy atom. The van der Waals surface area contributed by atoms with Crippen molar-refractivity contribution in [3.63, 3.8) is 0 Å². The molecule has 6 heteroatoms. The molecule has 2 aliphatic rings. The Kier molecular flexibility index (Phi) is 6.35. The first kappa shape index (κ1) is 20.8. The molecule has 1 aliphatic carbocycles. The summed E-state index contributed by atoms with van der Waals surface area (Å²) < 4.78 is 5.55. The molecule has 0 spiro atoms. The third-order valence-electron chi connectivity index (χ3n) is 6.41. The van der Waals surface area contributed by atoms with Crippen LogP contribution in [-0.2, 0) is 4.74 Å². The number of hydrogen-bond donors (Lipinski definition) is 1. The smallest absolute Gasteiger partial charge is 0.255 e. The van der Waals surface area contributed by atoms with Crippen molar-refractivity contribution < 1.29 is 9.53 Å². The summed E-state index contributed by atoms with van der Waals surface area (Å²) in [5.74, 6) is 0.644. The van der Waals surface area contributed by atoms with Gasteiger partial charge in [-0.25, -0.2) is 4.98 Å². The van der Waals surface area contributed by atoms with Crippen molar-refractivity contribution in [2.24, 2.45) is 0 Å². The van der Waals surface area contributed by atoms with Crippen LogP contribution in [0.1, 0.15) is 36.0 Å². The van der Waals surface area contributed by atoms with Crippen LogP contribution in [0.4, 0.5) is 5.82 Å². The lowest BCUT2D eigenvalue weighted by atomic mass is 9.94. The van der Waals surface area contributed by atoms with Crippen LogP contribution in [0.15, 0.2) is 42.5 Å². The third-order valence-corrected chi connectivity index (χ3v) is 6.41. The summed E-state index contributed by atoms with van der Waals surface area (Å²) in [6.07, 6.45) is 4.73. The number of anilines is 1. The highest BCUT2D eigenvalue weighted by atomic mass is 16.5. The fourth-order valence-corrected chi connectivity index (χ4v) is 4.75. The van der Waals surface area contributed by atoms with E-state index in [4.69, 9.17) is 9.72 Å². The number of aromatic nitrogens is 1. The third kappa shape index (κ3) is 4.35. The van der Waals surface area contributed by atoms with Crippen molar-refractivity contribution in [3.05, 3.63) is 48.0 Å². The summed E-state index contributed by atoms with van der Waals surface area (Å²) in [6.45, 7) is 4.15. The summed E-state index contributed by atoms with van der Waals surface area (Å²) >= 11 is 0. The first-order chi connectivity index (χ1) is 14.6. The molecule has 6 nitrogen and oxygen atoms in total. The zero-order chi connectivity index (χ0) is 21.0. The van der Waals surface area contributed by atoms with Crippen LogP contribution in [0.3, 0.4) is 0 Å². The first-order valence-corrected chi connectivity index (χ1v) is 10.9. The second-order valence-electron chi connectivity index (χ2n) is 8.54. The fraction of sp³-hybridized carbons (Fsp3) is 0.500. The Morgan fingerprint density at radius 2 is 1.80 bits per heavy atom. The molecule has 2 heterocycles. The molecule has 2 aromatic rings. The number of rotatable bonds is 6. The second kappa shape index (κ2) is 9.14. The number of carbonyl (C=O) groups is 1. The SMILES string of the molecule is CN(C)c1nc(-c2ccccc2)ccc1C(=O)NCC1(N2CCOCC2)CCCC1. The van der Waals surface area contributed by atoms with Gasteiger partial charge in [-0.3, -0.25) is 9.69 Å². The molecule has 1 saturated heterocycles. The highest BCUT2D eigenvalue weighted by molar-refractivity contribution is 5.99. The lowest BCUT2D eigenvalue weighted by Crippen LogP contribution is -2.57. The Bertz CT molecular complexity index is 857. The maximum atomic E-state index is 13.2. The molecule has 1 saturated carbocycles. The lowest BCUT2D eigenvalue weighted by molar-refractivity contribution is -0.0199. The van der Waals surface area contributed by atoms with E-state index in [2.05, 4.69) is 10.2 Å². The number of hydrogen-bond acceptors (Lipinski definition) is 5. The van der Waals surface area contributed by atoms with E-state index in [1.54, 1.807) is 0 Å². The van der Waals surface area contributed by atoms with Crippen LogP contribution in [0.25, 0.3) is 11.3 Å². The molecular weight excluding hydrogens is 376 g/mol. The molecule has 4 rings (SSSR count). The number of ether oxygens (including phenoxy) is 1. The molecule has 0 radical (unpaired) electrons. The summed E-state index contributed by atoms with van der Waals surface area (Å²) in [4.78, 5) is 22.4. The van der Waals surface area contributed by atoms with Gasteiger partial charge in [0.15, 0.2) is 0 Å². The number of benzene rings is 1. The molecule has 1 N–H and O–H groups in total. The van der Waals surface area contributed by atoms with Crippen molar-refractivity contribution in [3.8, 4) is 11.3 Å². The van der Waals surface area contributed by atoms with Crippen LogP contribution in [0.2, 0.25) is 0 Å². The molecule has 1 aromatic heterocycles. The summed E-state index contributed by atoms with van der Waals surface area (Å²) in [7, 11) is 3.86. The Hall–Kier alpha value is -2.44. The first-order valence-electron chi connectivity index (χ1n) is 10.9. The Balaban J connectivity index is 1.52. The largest absolute Gasteiger partial charge is 0.379 e. The monoisotopic (exact) mass is 408 g/mol. The van der Waals surface area contributed by atoms with E-state index in [0.29, 0.717) is 17.9 Å². The highest BCUT2D eigenvalue weighted by Crippen LogP contribution is 2.35. The average molecular weight is 409 g/mol. The minimum atomic E-state index is -0.0506. The molecule has 2 fully saturated rings. The average Bonchev–Trinajstić information content (AvgIpc) is 3.28. The standard InChI is InChI=1S/C24H32N4O2/c1-27(2)22-20(10-11-21(26-22)19-8-4-3-5-9-19)23(29)25-18-24(12-6-7-13-24)28-14-16-30-17-15-28/h3-5,8-11H,6-7,12-18H2,1-2H3,(H,25,29). The van der Waals surface area contributed by atoms with Crippen molar-refractivity contribution in [1.29, 1.82) is 0 Å². The van der Waals surface area contributed by atoms with Crippen LogP contribution in [0, 0.1) is 0 Å². The van der Waals surface area contributed by atoms with Gasteiger partial charge in [0.05, 0.1) is 24.5 Å². The predicted molar refractivity (Wildman–Crippen MR) is 120 cm³/mol. The van der Waals surface area contributed by atoms with E-state index >= 15 is 0 Å². The minimum Gasteiger partial charge on any atom is -0.379 e. The fourth-order valence-electron chi connectivity index (χ4n) is 4.75. The highest BCUT2D eigenvalue weighted by Gasteiger charge is 2.40. The molecule has 0 unspecified atom stereocenters. The van der Waals surface area contributed by atoms with Gasteiger partial charge in [-0.1, -0.05) is 43.2 Å². The summed E-state index contributed by atoms with van der Waals surface area (Å²) in [5.41, 5.74) is 2.60. The number of carbonyl (C=O) groups excluding carboxylic acids is 1. The van der Waals surface area contributed by atoms with E-state index in [1.807, 2.05) is 61.5 Å². The van der Waals surface area contributed by atoms with E-state index in [9.17, 15) is 4.79 Å². The summed E-state index contributed by atoms with van der Waals surface area (Å²) in [6, 6.07) is 13.9. The van der Waals surface area contributed by atoms with Gasteiger partial charge in [-0.05, 0) is 25.0 Å². The topological polar surface area (TPSA) is 57.7 Å². The molecule has 0 atom stereocenters. The van der Waals surface area contributed by atoms with Gasteiger partial charge < -0.3 is 15.0 Å². The Morgan fingerprint density at radius 1 is 1.10 bits per heavy atom. The number of nitrogens with one attached hydrogen (secondary N) is 1. The van der Waals surface area contributed by atoms with Gasteiger partial charge in [-0.15, -0.1) is 0 Å². The lowest BCUT2D eigenvalue weighted by Gasteiger charge is -2.43. The number of amides is 1. The minimum absolute atomic E-state index is 0.0506. The van der Waals surface area contributed by atoms with Crippen LogP contribution in [-0.4, -0.2) is 68.3 Å². The van der Waals surface area contributed by atoms with Crippen molar-refractivity contribution in [1.82, 2.24) is 15.2 Å². The second-order valence-corrected chi connectivity index (χ2v) is 8.54. The van der Waals surface area contributed by atoms with E-state index < -0.39 is 0 Å². The van der Waals surface area contributed by atoms with E-state index in [1.165, 1.54) is 12.8 Å². The maximum absolute atomic E-state index is 13.2. The van der Waals surface area contributed by atoms with Gasteiger partial charge in [0.25, 0.3) is 5.91 Å². The molecule has 30 heavy (non-hydrogen) atoms. The zero-order valence-corrected chi connectivity index (χ0v) is 18.1. The molecule has 1 amide bonds. The van der Waals surface area contributed by atoms with Gasteiger partial charge in [0.2, 0.25) is 0 Å². The number of morpholine rings is 1. The molecule has 160 valence electrons. The zero-order valence-electron chi connectivity index (χ0n) is 18.1. The predicted octanol–water partition coefficient (Wildman–Crippen LogP) is 3.19. The van der Waals surface area contributed by atoms with Crippen LogP contribution < -0.4 is 10.2 Å². The Labute approximate surface area is 179 Å². The van der Waals surface area contributed by atoms with Gasteiger partial charge >= 0.3 is 0 Å². The van der Waals surface area contributed by atoms with E-state index in [0.717, 1.165) is 50.4 Å². The van der Waals surface area contributed by atoms with Gasteiger partial charge in [-0.2, -0.15) is 0 Å². The number of pyridine rings is 1. The van der Waals surface area contributed by atoms with E-state index in [-0.39, 0.29) is 11.4 Å². The van der Waals surface area contributed by atoms with Crippen molar-refractivity contribution >= 4 is 11.7 Å². The molecule has 1 aromatic carbocycles. The molecular formula is C24H32N4O2. The number of nitrogens with zero attached hydrogens (tertiary/aromatic N) is 3. The normalized spacial score (nSPS) is 18.9. The van der Waals surface area contributed by atoms with Crippen LogP contribution in [0.5, 0.6) is 0 Å². The van der Waals surface area contributed by atoms with Crippen molar-refractivity contribution in [2.75, 3.05) is 51.8 Å². The quantitative estimate of drug-likeness (QED) is 0.796.